The molecule has 0 spiro atoms. The molecular formula is C25H21F2NO5. The van der Waals surface area contributed by atoms with Crippen LogP contribution in [0.4, 0.5) is 14.5 Å². The van der Waals surface area contributed by atoms with Crippen molar-refractivity contribution in [3.05, 3.63) is 76.9 Å². The fourth-order valence-electron chi connectivity index (χ4n) is 4.45. The Hall–Kier alpha value is -3.81. The summed E-state index contributed by atoms with van der Waals surface area (Å²) in [6, 6.07) is 12.0. The third-order valence-corrected chi connectivity index (χ3v) is 5.98. The molecule has 0 radical (unpaired) electrons. The quantitative estimate of drug-likeness (QED) is 0.489. The number of ether oxygens (including phenoxy) is 3. The molecule has 8 heteroatoms. The molecule has 1 aliphatic heterocycles. The highest BCUT2D eigenvalue weighted by Gasteiger charge is 2.32. The zero-order valence-corrected chi connectivity index (χ0v) is 17.5. The van der Waals surface area contributed by atoms with E-state index in [0.717, 1.165) is 5.56 Å². The van der Waals surface area contributed by atoms with Crippen LogP contribution >= 0.6 is 0 Å². The first-order valence-electron chi connectivity index (χ1n) is 10.6. The highest BCUT2D eigenvalue weighted by molar-refractivity contribution is 5.68. The van der Waals surface area contributed by atoms with Crippen molar-refractivity contribution >= 4 is 11.7 Å². The average Bonchev–Trinajstić information content (AvgIpc) is 3.37. The smallest absolute Gasteiger partial charge is 0.304 e. The van der Waals surface area contributed by atoms with E-state index in [0.29, 0.717) is 53.5 Å². The van der Waals surface area contributed by atoms with Gasteiger partial charge >= 0.3 is 5.97 Å². The molecule has 6 nitrogen and oxygen atoms in total. The van der Waals surface area contributed by atoms with Crippen molar-refractivity contribution in [2.75, 3.05) is 12.3 Å². The summed E-state index contributed by atoms with van der Waals surface area (Å²) in [5.74, 6) is -0.675. The maximum atomic E-state index is 14.8. The minimum Gasteiger partial charge on any atom is -0.492 e. The van der Waals surface area contributed by atoms with E-state index in [1.165, 1.54) is 30.3 Å². The molecule has 3 aromatic rings. The van der Waals surface area contributed by atoms with Crippen LogP contribution in [0.15, 0.2) is 48.5 Å². The number of benzene rings is 3. The van der Waals surface area contributed by atoms with Crippen LogP contribution in [-0.2, 0) is 11.2 Å². The Morgan fingerprint density at radius 2 is 1.91 bits per heavy atom. The van der Waals surface area contributed by atoms with Crippen molar-refractivity contribution in [1.29, 1.82) is 0 Å². The zero-order valence-electron chi connectivity index (χ0n) is 17.5. The molecule has 33 heavy (non-hydrogen) atoms. The number of hydrogen-bond donors (Lipinski definition) is 2. The lowest BCUT2D eigenvalue weighted by Crippen LogP contribution is -2.07. The van der Waals surface area contributed by atoms with Crippen LogP contribution in [0.1, 0.15) is 41.6 Å². The lowest BCUT2D eigenvalue weighted by Gasteiger charge is -2.17. The average molecular weight is 453 g/mol. The molecule has 2 atom stereocenters. The maximum absolute atomic E-state index is 14.8. The van der Waals surface area contributed by atoms with Gasteiger partial charge in [-0.3, -0.25) is 4.79 Å². The first-order chi connectivity index (χ1) is 15.9. The summed E-state index contributed by atoms with van der Waals surface area (Å²) in [6.45, 7) is 0.299. The van der Waals surface area contributed by atoms with Gasteiger partial charge in [0.1, 0.15) is 29.2 Å². The summed E-state index contributed by atoms with van der Waals surface area (Å²) in [7, 11) is 0. The Labute approximate surface area is 188 Å². The molecule has 1 aliphatic carbocycles. The van der Waals surface area contributed by atoms with Gasteiger partial charge in [0.2, 0.25) is 0 Å². The fourth-order valence-corrected chi connectivity index (χ4v) is 4.45. The minimum atomic E-state index is -0.883. The second-order valence-corrected chi connectivity index (χ2v) is 8.18. The number of carbonyl (C=O) groups is 1. The molecule has 3 N–H and O–H groups in total. The van der Waals surface area contributed by atoms with E-state index in [4.69, 9.17) is 25.1 Å². The number of rotatable bonds is 6. The molecule has 2 unspecified atom stereocenters. The van der Waals surface area contributed by atoms with Gasteiger partial charge in [-0.25, -0.2) is 8.78 Å². The van der Waals surface area contributed by atoms with Gasteiger partial charge in [0, 0.05) is 40.4 Å². The molecule has 0 amide bonds. The molecule has 0 bridgehead atoms. The third kappa shape index (κ3) is 4.04. The van der Waals surface area contributed by atoms with Crippen LogP contribution in [0.3, 0.4) is 0 Å². The predicted octanol–water partition coefficient (Wildman–Crippen LogP) is 5.36. The van der Waals surface area contributed by atoms with E-state index in [2.05, 4.69) is 0 Å². The molecule has 0 aromatic heterocycles. The number of nitrogens with two attached hydrogens (primary N) is 1. The Morgan fingerprint density at radius 1 is 1.09 bits per heavy atom. The Balaban J connectivity index is 1.39. The molecule has 0 saturated carbocycles. The Bertz CT molecular complexity index is 1250. The molecule has 2 aliphatic rings. The van der Waals surface area contributed by atoms with Crippen molar-refractivity contribution in [2.24, 2.45) is 0 Å². The van der Waals surface area contributed by atoms with Crippen molar-refractivity contribution in [3.63, 3.8) is 0 Å². The maximum Gasteiger partial charge on any atom is 0.304 e. The summed E-state index contributed by atoms with van der Waals surface area (Å²) in [4.78, 5) is 11.0. The summed E-state index contributed by atoms with van der Waals surface area (Å²) in [6.07, 6.45) is 0.457. The SMILES string of the molecule is Nc1ccc(F)c(Oc2ccc(F)c3c2CCC3Oc2ccc3c(c2)OCC3CC(=O)O)c1. The first-order valence-corrected chi connectivity index (χ1v) is 10.6. The van der Waals surface area contributed by atoms with E-state index < -0.39 is 23.7 Å². The van der Waals surface area contributed by atoms with E-state index in [1.807, 2.05) is 0 Å². The van der Waals surface area contributed by atoms with E-state index in [9.17, 15) is 13.6 Å². The lowest BCUT2D eigenvalue weighted by atomic mass is 9.98. The summed E-state index contributed by atoms with van der Waals surface area (Å²) < 4.78 is 46.4. The second-order valence-electron chi connectivity index (χ2n) is 8.18. The standard InChI is InChI=1S/C25H21F2NO5/c26-18-5-1-14(28)10-23(18)33-20-8-6-19(27)25-17(20)4-7-21(25)32-15-2-3-16-13(9-24(29)30)12-31-22(16)11-15/h1-3,5-6,8,10-11,13,21H,4,7,9,12,28H2,(H,29,30). The van der Waals surface area contributed by atoms with E-state index in [1.54, 1.807) is 18.2 Å². The predicted molar refractivity (Wildman–Crippen MR) is 116 cm³/mol. The van der Waals surface area contributed by atoms with E-state index >= 15 is 0 Å². The number of halogens is 2. The molecule has 5 rings (SSSR count). The molecule has 0 fully saturated rings. The van der Waals surface area contributed by atoms with Crippen LogP contribution < -0.4 is 19.9 Å². The summed E-state index contributed by atoms with van der Waals surface area (Å²) >= 11 is 0. The van der Waals surface area contributed by atoms with Crippen LogP contribution in [0, 0.1) is 11.6 Å². The molecule has 170 valence electrons. The minimum absolute atomic E-state index is 0.00908. The highest BCUT2D eigenvalue weighted by Crippen LogP contribution is 2.44. The van der Waals surface area contributed by atoms with E-state index in [-0.39, 0.29) is 18.1 Å². The number of fused-ring (bicyclic) bond motifs is 2. The van der Waals surface area contributed by atoms with Crippen LogP contribution in [-0.4, -0.2) is 17.7 Å². The normalized spacial score (nSPS) is 18.4. The van der Waals surface area contributed by atoms with Gasteiger partial charge in [-0.2, -0.15) is 0 Å². The van der Waals surface area contributed by atoms with Crippen LogP contribution in [0.2, 0.25) is 0 Å². The molecule has 0 saturated heterocycles. The topological polar surface area (TPSA) is 91.0 Å². The second kappa shape index (κ2) is 8.27. The number of nitrogen functional groups attached to an aromatic ring is 1. The molecule has 1 heterocycles. The van der Waals surface area contributed by atoms with Gasteiger partial charge in [0.15, 0.2) is 11.6 Å². The van der Waals surface area contributed by atoms with Crippen molar-refractivity contribution < 1.29 is 32.9 Å². The Kier molecular flexibility index (Phi) is 5.28. The van der Waals surface area contributed by atoms with Crippen molar-refractivity contribution in [1.82, 2.24) is 0 Å². The Morgan fingerprint density at radius 3 is 2.73 bits per heavy atom. The van der Waals surface area contributed by atoms with Gasteiger partial charge in [-0.05, 0) is 43.2 Å². The number of aliphatic carboxylic acids is 1. The summed E-state index contributed by atoms with van der Waals surface area (Å²) in [5, 5.41) is 9.05. The van der Waals surface area contributed by atoms with Gasteiger partial charge < -0.3 is 25.1 Å². The number of anilines is 1. The number of hydrogen-bond acceptors (Lipinski definition) is 5. The van der Waals surface area contributed by atoms with Gasteiger partial charge in [0.05, 0.1) is 13.0 Å². The lowest BCUT2D eigenvalue weighted by molar-refractivity contribution is -0.137. The van der Waals surface area contributed by atoms with Gasteiger partial charge in [0.25, 0.3) is 0 Å². The van der Waals surface area contributed by atoms with Crippen molar-refractivity contribution in [3.8, 4) is 23.0 Å². The first kappa shape index (κ1) is 21.1. The molecule has 3 aromatic carbocycles. The molecular weight excluding hydrogens is 432 g/mol. The zero-order chi connectivity index (χ0) is 23.1. The monoisotopic (exact) mass is 453 g/mol. The fraction of sp³-hybridized carbons (Fsp3) is 0.240. The largest absolute Gasteiger partial charge is 0.492 e. The number of carboxylic acid groups (broad SMARTS) is 1. The van der Waals surface area contributed by atoms with Crippen molar-refractivity contribution in [2.45, 2.75) is 31.3 Å². The highest BCUT2D eigenvalue weighted by atomic mass is 19.1. The third-order valence-electron chi connectivity index (χ3n) is 5.98. The van der Waals surface area contributed by atoms with Gasteiger partial charge in [-0.15, -0.1) is 0 Å². The summed E-state index contributed by atoms with van der Waals surface area (Å²) in [5.41, 5.74) is 7.91. The van der Waals surface area contributed by atoms with Gasteiger partial charge in [-0.1, -0.05) is 6.07 Å². The van der Waals surface area contributed by atoms with Crippen LogP contribution in [0.25, 0.3) is 0 Å². The number of carboxylic acids is 1. The van der Waals surface area contributed by atoms with Crippen LogP contribution in [0.5, 0.6) is 23.0 Å².